The summed E-state index contributed by atoms with van der Waals surface area (Å²) in [6, 6.07) is 10.4. The van der Waals surface area contributed by atoms with Gasteiger partial charge in [0.25, 0.3) is 0 Å². The molecule has 0 aliphatic carbocycles. The Kier molecular flexibility index (Phi) is 10.7. The first-order valence-electron chi connectivity index (χ1n) is 8.83. The van der Waals surface area contributed by atoms with Gasteiger partial charge in [-0.25, -0.2) is 0 Å². The van der Waals surface area contributed by atoms with Gasteiger partial charge in [-0.2, -0.15) is 0 Å². The molecule has 0 saturated carbocycles. The minimum absolute atomic E-state index is 0. The van der Waals surface area contributed by atoms with E-state index in [2.05, 4.69) is 17.4 Å². The van der Waals surface area contributed by atoms with Crippen LogP contribution in [0.25, 0.3) is 0 Å². The minimum Gasteiger partial charge on any atom is -0.381 e. The van der Waals surface area contributed by atoms with Crippen molar-refractivity contribution in [3.05, 3.63) is 35.9 Å². The molecule has 1 fully saturated rings. The molecule has 1 unspecified atom stereocenters. The van der Waals surface area contributed by atoms with Crippen LogP contribution < -0.4 is 5.32 Å². The fourth-order valence-electron chi connectivity index (χ4n) is 3.17. The van der Waals surface area contributed by atoms with Crippen molar-refractivity contribution in [1.82, 2.24) is 10.2 Å². The van der Waals surface area contributed by atoms with Crippen LogP contribution in [0.1, 0.15) is 31.2 Å². The lowest BCUT2D eigenvalue weighted by molar-refractivity contribution is -0.133. The molecule has 5 heteroatoms. The summed E-state index contributed by atoms with van der Waals surface area (Å²) in [6.07, 6.45) is 4.73. The van der Waals surface area contributed by atoms with Gasteiger partial charge >= 0.3 is 0 Å². The second-order valence-corrected chi connectivity index (χ2v) is 6.36. The first-order valence-corrected chi connectivity index (χ1v) is 8.83. The summed E-state index contributed by atoms with van der Waals surface area (Å²) < 4.78 is 5.65. The number of hydrogen-bond acceptors (Lipinski definition) is 3. The quantitative estimate of drug-likeness (QED) is 0.693. The number of piperidine rings is 1. The van der Waals surface area contributed by atoms with Crippen LogP contribution in [0.15, 0.2) is 30.3 Å². The molecule has 1 heterocycles. The summed E-state index contributed by atoms with van der Waals surface area (Å²) in [6.45, 7) is 4.24. The lowest BCUT2D eigenvalue weighted by atomic mass is 9.97. The second-order valence-electron chi connectivity index (χ2n) is 6.36. The summed E-state index contributed by atoms with van der Waals surface area (Å²) in [5.74, 6) is 0.900. The van der Waals surface area contributed by atoms with E-state index in [-0.39, 0.29) is 18.3 Å². The van der Waals surface area contributed by atoms with Crippen molar-refractivity contribution < 1.29 is 9.53 Å². The molecule has 1 aromatic carbocycles. The molecule has 4 nitrogen and oxygen atoms in total. The van der Waals surface area contributed by atoms with Gasteiger partial charge in [0.1, 0.15) is 0 Å². The number of amides is 1. The highest BCUT2D eigenvalue weighted by atomic mass is 35.5. The van der Waals surface area contributed by atoms with Crippen molar-refractivity contribution in [2.75, 3.05) is 39.9 Å². The first-order chi connectivity index (χ1) is 11.3. The number of carbonyl (C=O) groups is 1. The average Bonchev–Trinajstić information content (AvgIpc) is 2.59. The van der Waals surface area contributed by atoms with Crippen LogP contribution in [-0.2, 0) is 16.0 Å². The van der Waals surface area contributed by atoms with Crippen molar-refractivity contribution in [1.29, 1.82) is 0 Å². The molecule has 1 aliphatic rings. The Labute approximate surface area is 152 Å². The monoisotopic (exact) mass is 354 g/mol. The van der Waals surface area contributed by atoms with Gasteiger partial charge in [-0.1, -0.05) is 30.3 Å². The molecule has 24 heavy (non-hydrogen) atoms. The Hall–Kier alpha value is -1.10. The number of halogens is 1. The second kappa shape index (κ2) is 12.3. The normalized spacial score (nSPS) is 17.4. The van der Waals surface area contributed by atoms with Crippen LogP contribution in [0.4, 0.5) is 0 Å². The van der Waals surface area contributed by atoms with Crippen molar-refractivity contribution in [3.8, 4) is 0 Å². The van der Waals surface area contributed by atoms with Gasteiger partial charge in [0.2, 0.25) is 5.91 Å². The third-order valence-electron chi connectivity index (χ3n) is 4.42. The number of nitrogens with zero attached hydrogens (tertiary/aromatic N) is 1. The molecule has 0 bridgehead atoms. The fraction of sp³-hybridized carbons (Fsp3) is 0.632. The SMILES string of the molecule is CNCC1CCCN(C(=O)CCCOCCc2ccccc2)C1.Cl. The van der Waals surface area contributed by atoms with Crippen molar-refractivity contribution in [2.24, 2.45) is 5.92 Å². The van der Waals surface area contributed by atoms with Crippen LogP contribution in [0.5, 0.6) is 0 Å². The molecular weight excluding hydrogens is 324 g/mol. The first kappa shape index (κ1) is 20.9. The van der Waals surface area contributed by atoms with E-state index in [1.54, 1.807) is 0 Å². The Bertz CT molecular complexity index is 454. The van der Waals surface area contributed by atoms with Crippen molar-refractivity contribution in [3.63, 3.8) is 0 Å². The summed E-state index contributed by atoms with van der Waals surface area (Å²) in [7, 11) is 1.98. The summed E-state index contributed by atoms with van der Waals surface area (Å²) in [5, 5.41) is 3.22. The molecule has 0 aromatic heterocycles. The topological polar surface area (TPSA) is 41.6 Å². The molecule has 0 spiro atoms. The maximum Gasteiger partial charge on any atom is 0.222 e. The van der Waals surface area contributed by atoms with Gasteiger partial charge in [0.05, 0.1) is 6.61 Å². The highest BCUT2D eigenvalue weighted by Gasteiger charge is 2.22. The Morgan fingerprint density at radius 2 is 2.08 bits per heavy atom. The average molecular weight is 355 g/mol. The molecule has 1 amide bonds. The zero-order valence-electron chi connectivity index (χ0n) is 14.7. The summed E-state index contributed by atoms with van der Waals surface area (Å²) in [4.78, 5) is 14.3. The van der Waals surface area contributed by atoms with Crippen LogP contribution >= 0.6 is 12.4 Å². The van der Waals surface area contributed by atoms with E-state index in [4.69, 9.17) is 4.74 Å². The van der Waals surface area contributed by atoms with E-state index in [9.17, 15) is 4.79 Å². The number of nitrogens with one attached hydrogen (secondary N) is 1. The predicted molar refractivity (Wildman–Crippen MR) is 101 cm³/mol. The number of likely N-dealkylation sites (tertiary alicyclic amines) is 1. The molecule has 2 rings (SSSR count). The van der Waals surface area contributed by atoms with E-state index in [1.807, 2.05) is 30.1 Å². The Morgan fingerprint density at radius 3 is 2.83 bits per heavy atom. The Balaban J connectivity index is 0.00000288. The number of ether oxygens (including phenoxy) is 1. The van der Waals surface area contributed by atoms with E-state index >= 15 is 0 Å². The van der Waals surface area contributed by atoms with Gasteiger partial charge < -0.3 is 15.0 Å². The zero-order chi connectivity index (χ0) is 16.3. The number of benzene rings is 1. The van der Waals surface area contributed by atoms with E-state index in [0.29, 0.717) is 18.9 Å². The Morgan fingerprint density at radius 1 is 1.29 bits per heavy atom. The zero-order valence-corrected chi connectivity index (χ0v) is 15.5. The lowest BCUT2D eigenvalue weighted by Crippen LogP contribution is -2.42. The molecule has 136 valence electrons. The molecule has 1 aromatic rings. The van der Waals surface area contributed by atoms with E-state index in [0.717, 1.165) is 45.5 Å². The van der Waals surface area contributed by atoms with Crippen molar-refractivity contribution >= 4 is 18.3 Å². The molecule has 1 aliphatic heterocycles. The summed E-state index contributed by atoms with van der Waals surface area (Å²) in [5.41, 5.74) is 1.30. The van der Waals surface area contributed by atoms with E-state index in [1.165, 1.54) is 12.0 Å². The summed E-state index contributed by atoms with van der Waals surface area (Å²) >= 11 is 0. The molecule has 1 N–H and O–H groups in total. The highest BCUT2D eigenvalue weighted by molar-refractivity contribution is 5.85. The van der Waals surface area contributed by atoms with Crippen LogP contribution in [0.2, 0.25) is 0 Å². The molecule has 0 radical (unpaired) electrons. The number of hydrogen-bond donors (Lipinski definition) is 1. The highest BCUT2D eigenvalue weighted by Crippen LogP contribution is 2.16. The van der Waals surface area contributed by atoms with Gasteiger partial charge in [-0.15, -0.1) is 12.4 Å². The fourth-order valence-corrected chi connectivity index (χ4v) is 3.17. The largest absolute Gasteiger partial charge is 0.381 e. The maximum absolute atomic E-state index is 12.3. The number of rotatable bonds is 9. The smallest absolute Gasteiger partial charge is 0.222 e. The number of carbonyl (C=O) groups excluding carboxylic acids is 1. The van der Waals surface area contributed by atoms with E-state index < -0.39 is 0 Å². The standard InChI is InChI=1S/C19H30N2O2.ClH/c1-20-15-18-9-5-12-21(16-18)19(22)10-6-13-23-14-11-17-7-3-2-4-8-17;/h2-4,7-8,18,20H,5-6,9-16H2,1H3;1H. The molecule has 1 saturated heterocycles. The van der Waals surface area contributed by atoms with Gasteiger partial charge in [0.15, 0.2) is 0 Å². The maximum atomic E-state index is 12.3. The molecule has 1 atom stereocenters. The third kappa shape index (κ3) is 7.65. The third-order valence-corrected chi connectivity index (χ3v) is 4.42. The lowest BCUT2D eigenvalue weighted by Gasteiger charge is -2.32. The minimum atomic E-state index is 0. The van der Waals surface area contributed by atoms with Gasteiger partial charge in [-0.3, -0.25) is 4.79 Å². The van der Waals surface area contributed by atoms with Crippen LogP contribution in [-0.4, -0.2) is 50.7 Å². The van der Waals surface area contributed by atoms with Gasteiger partial charge in [-0.05, 0) is 50.8 Å². The van der Waals surface area contributed by atoms with Crippen LogP contribution in [0, 0.1) is 5.92 Å². The van der Waals surface area contributed by atoms with Gasteiger partial charge in [0, 0.05) is 26.1 Å². The molecular formula is C19H31ClN2O2. The predicted octanol–water partition coefficient (Wildman–Crippen LogP) is 2.91. The van der Waals surface area contributed by atoms with Crippen molar-refractivity contribution in [2.45, 2.75) is 32.1 Å². The van der Waals surface area contributed by atoms with Crippen LogP contribution in [0.3, 0.4) is 0 Å².